The highest BCUT2D eigenvalue weighted by atomic mass is 32.2. The molecule has 1 aliphatic carbocycles. The van der Waals surface area contributed by atoms with Gasteiger partial charge >= 0.3 is 0 Å². The summed E-state index contributed by atoms with van der Waals surface area (Å²) in [6.45, 7) is 5.50. The fourth-order valence-corrected chi connectivity index (χ4v) is 4.33. The van der Waals surface area contributed by atoms with Crippen LogP contribution in [0.1, 0.15) is 45.2 Å². The van der Waals surface area contributed by atoms with E-state index in [4.69, 9.17) is 0 Å². The van der Waals surface area contributed by atoms with Crippen molar-refractivity contribution >= 4 is 16.8 Å². The number of aromatic nitrogens is 2. The summed E-state index contributed by atoms with van der Waals surface area (Å²) >= 11 is 0. The van der Waals surface area contributed by atoms with Gasteiger partial charge < -0.3 is 10.6 Å². The van der Waals surface area contributed by atoms with Crippen LogP contribution in [0.2, 0.25) is 0 Å². The van der Waals surface area contributed by atoms with Crippen LogP contribution in [0, 0.1) is 0 Å². The summed E-state index contributed by atoms with van der Waals surface area (Å²) in [7, 11) is 1.23. The van der Waals surface area contributed by atoms with Crippen LogP contribution in [0.15, 0.2) is 17.3 Å². The molecule has 0 amide bonds. The van der Waals surface area contributed by atoms with Crippen molar-refractivity contribution in [2.24, 2.45) is 12.0 Å². The number of hydrogen-bond donors (Lipinski definition) is 2. The summed E-state index contributed by atoms with van der Waals surface area (Å²) in [5.74, 6) is 1.59. The van der Waals surface area contributed by atoms with E-state index in [2.05, 4.69) is 27.6 Å². The van der Waals surface area contributed by atoms with Crippen molar-refractivity contribution < 1.29 is 4.21 Å². The van der Waals surface area contributed by atoms with Crippen LogP contribution in [0.5, 0.6) is 0 Å². The maximum Gasteiger partial charge on any atom is 0.191 e. The van der Waals surface area contributed by atoms with E-state index in [1.807, 2.05) is 24.7 Å². The molecule has 7 heteroatoms. The van der Waals surface area contributed by atoms with Crippen LogP contribution in [0.3, 0.4) is 0 Å². The summed E-state index contributed by atoms with van der Waals surface area (Å²) in [5.41, 5.74) is 1.08. The second-order valence-electron chi connectivity index (χ2n) is 5.94. The number of nitrogens with one attached hydrogen (secondary N) is 2. The number of rotatable bonds is 6. The predicted octanol–water partition coefficient (Wildman–Crippen LogP) is 1.55. The Morgan fingerprint density at radius 3 is 2.96 bits per heavy atom. The standard InChI is InChI=1S/C16H29N5OS/c1-4-17-16(18-12-14-9-10-19-21(14)3)20-13-7-6-8-15(11-13)23(22)5-2/h9-10,13,15H,4-8,11-12H2,1-3H3,(H2,17,18,20). The Balaban J connectivity index is 1.95. The largest absolute Gasteiger partial charge is 0.357 e. The molecule has 1 aliphatic rings. The highest BCUT2D eigenvalue weighted by Crippen LogP contribution is 2.23. The lowest BCUT2D eigenvalue weighted by Gasteiger charge is -2.30. The molecular formula is C16H29N5OS. The Hall–Kier alpha value is -1.37. The average molecular weight is 340 g/mol. The van der Waals surface area contributed by atoms with Gasteiger partial charge in [-0.3, -0.25) is 8.89 Å². The van der Waals surface area contributed by atoms with Gasteiger partial charge in [0.05, 0.1) is 12.2 Å². The first-order chi connectivity index (χ1) is 11.1. The minimum Gasteiger partial charge on any atom is -0.357 e. The van der Waals surface area contributed by atoms with Gasteiger partial charge in [-0.1, -0.05) is 13.3 Å². The summed E-state index contributed by atoms with van der Waals surface area (Å²) in [6.07, 6.45) is 6.09. The predicted molar refractivity (Wildman–Crippen MR) is 95.9 cm³/mol. The van der Waals surface area contributed by atoms with Gasteiger partial charge in [0.25, 0.3) is 0 Å². The third kappa shape index (κ3) is 5.34. The molecule has 0 bridgehead atoms. The van der Waals surface area contributed by atoms with Crippen molar-refractivity contribution in [3.05, 3.63) is 18.0 Å². The first kappa shape index (κ1) is 18.0. The molecular weight excluding hydrogens is 310 g/mol. The molecule has 0 aromatic carbocycles. The number of aryl methyl sites for hydroxylation is 1. The second-order valence-corrected chi connectivity index (χ2v) is 7.95. The van der Waals surface area contributed by atoms with E-state index in [1.54, 1.807) is 6.20 Å². The van der Waals surface area contributed by atoms with E-state index in [-0.39, 0.29) is 0 Å². The van der Waals surface area contributed by atoms with Gasteiger partial charge in [-0.05, 0) is 32.3 Å². The summed E-state index contributed by atoms with van der Waals surface area (Å²) < 4.78 is 13.9. The molecule has 2 N–H and O–H groups in total. The van der Waals surface area contributed by atoms with E-state index < -0.39 is 10.8 Å². The van der Waals surface area contributed by atoms with Crippen LogP contribution in [-0.2, 0) is 24.4 Å². The number of nitrogens with zero attached hydrogens (tertiary/aromatic N) is 3. The zero-order chi connectivity index (χ0) is 16.7. The molecule has 0 radical (unpaired) electrons. The summed E-state index contributed by atoms with van der Waals surface area (Å²) in [4.78, 5) is 4.66. The molecule has 0 saturated heterocycles. The van der Waals surface area contributed by atoms with E-state index in [0.717, 1.165) is 49.6 Å². The third-order valence-electron chi connectivity index (χ3n) is 4.29. The molecule has 1 aromatic heterocycles. The molecule has 130 valence electrons. The lowest BCUT2D eigenvalue weighted by molar-refractivity contribution is 0.413. The molecule has 0 spiro atoms. The molecule has 1 aromatic rings. The van der Waals surface area contributed by atoms with Gasteiger partial charge in [0, 0.05) is 47.6 Å². The minimum atomic E-state index is -0.696. The van der Waals surface area contributed by atoms with Crippen LogP contribution < -0.4 is 10.6 Å². The number of guanidine groups is 1. The topological polar surface area (TPSA) is 71.3 Å². The van der Waals surface area contributed by atoms with E-state index >= 15 is 0 Å². The SMILES string of the molecule is CCNC(=NCc1ccnn1C)NC1CCCC(S(=O)CC)C1. The molecule has 6 nitrogen and oxygen atoms in total. The molecule has 2 rings (SSSR count). The molecule has 3 atom stereocenters. The summed E-state index contributed by atoms with van der Waals surface area (Å²) in [5, 5.41) is 11.3. The van der Waals surface area contributed by atoms with Crippen LogP contribution in [-0.4, -0.2) is 43.5 Å². The first-order valence-corrected chi connectivity index (χ1v) is 9.91. The van der Waals surface area contributed by atoms with Crippen LogP contribution in [0.4, 0.5) is 0 Å². The zero-order valence-corrected chi connectivity index (χ0v) is 15.2. The fourth-order valence-electron chi connectivity index (χ4n) is 2.98. The highest BCUT2D eigenvalue weighted by Gasteiger charge is 2.26. The second kappa shape index (κ2) is 9.05. The van der Waals surface area contributed by atoms with Gasteiger partial charge in [0.1, 0.15) is 0 Å². The van der Waals surface area contributed by atoms with Gasteiger partial charge in [-0.2, -0.15) is 5.10 Å². The van der Waals surface area contributed by atoms with E-state index in [1.165, 1.54) is 0 Å². The monoisotopic (exact) mass is 339 g/mol. The van der Waals surface area contributed by atoms with Crippen molar-refractivity contribution in [2.75, 3.05) is 12.3 Å². The lowest BCUT2D eigenvalue weighted by Crippen LogP contribution is -2.46. The van der Waals surface area contributed by atoms with E-state index in [9.17, 15) is 4.21 Å². The number of aliphatic imine (C=N–C) groups is 1. The Morgan fingerprint density at radius 2 is 2.30 bits per heavy atom. The summed E-state index contributed by atoms with van der Waals surface area (Å²) in [6, 6.07) is 2.34. The molecule has 1 fully saturated rings. The Bertz CT molecular complexity index is 542. The quantitative estimate of drug-likeness (QED) is 0.609. The molecule has 3 unspecified atom stereocenters. The Morgan fingerprint density at radius 1 is 1.48 bits per heavy atom. The van der Waals surface area contributed by atoms with Gasteiger partial charge in [-0.15, -0.1) is 0 Å². The molecule has 1 saturated carbocycles. The van der Waals surface area contributed by atoms with Crippen molar-refractivity contribution in [1.29, 1.82) is 0 Å². The first-order valence-electron chi connectivity index (χ1n) is 8.52. The maximum absolute atomic E-state index is 12.1. The molecule has 0 aliphatic heterocycles. The van der Waals surface area contributed by atoms with Gasteiger partial charge in [0.15, 0.2) is 5.96 Å². The fraction of sp³-hybridized carbons (Fsp3) is 0.750. The van der Waals surface area contributed by atoms with Gasteiger partial charge in [-0.25, -0.2) is 4.99 Å². The lowest BCUT2D eigenvalue weighted by atomic mass is 9.95. The maximum atomic E-state index is 12.1. The average Bonchev–Trinajstić information content (AvgIpc) is 2.97. The van der Waals surface area contributed by atoms with Crippen LogP contribution in [0.25, 0.3) is 0 Å². The van der Waals surface area contributed by atoms with Crippen molar-refractivity contribution in [3.63, 3.8) is 0 Å². The van der Waals surface area contributed by atoms with Crippen molar-refractivity contribution in [3.8, 4) is 0 Å². The van der Waals surface area contributed by atoms with E-state index in [0.29, 0.717) is 17.8 Å². The Labute approximate surface area is 141 Å². The minimum absolute atomic E-state index is 0.325. The number of hydrogen-bond acceptors (Lipinski definition) is 3. The third-order valence-corrected chi connectivity index (χ3v) is 6.03. The van der Waals surface area contributed by atoms with Crippen molar-refractivity contribution in [2.45, 2.75) is 57.4 Å². The Kier molecular flexibility index (Phi) is 7.08. The molecule has 23 heavy (non-hydrogen) atoms. The smallest absolute Gasteiger partial charge is 0.191 e. The normalized spacial score (nSPS) is 23.5. The highest BCUT2D eigenvalue weighted by molar-refractivity contribution is 7.85. The van der Waals surface area contributed by atoms with Crippen LogP contribution >= 0.6 is 0 Å². The van der Waals surface area contributed by atoms with Gasteiger partial charge in [0.2, 0.25) is 0 Å². The van der Waals surface area contributed by atoms with Crippen molar-refractivity contribution in [1.82, 2.24) is 20.4 Å². The molecule has 1 heterocycles. The zero-order valence-electron chi connectivity index (χ0n) is 14.4.